The summed E-state index contributed by atoms with van der Waals surface area (Å²) in [5, 5.41) is 0. The molecule has 14 heavy (non-hydrogen) atoms. The fourth-order valence-corrected chi connectivity index (χ4v) is 2.33. The molecule has 1 fully saturated rings. The summed E-state index contributed by atoms with van der Waals surface area (Å²) in [4.78, 5) is 4.97. The molecule has 0 spiro atoms. The van der Waals surface area contributed by atoms with E-state index in [2.05, 4.69) is 36.5 Å². The molecule has 2 nitrogen and oxygen atoms in total. The van der Waals surface area contributed by atoms with Crippen molar-refractivity contribution in [3.05, 3.63) is 0 Å². The average Bonchev–Trinajstić information content (AvgIpc) is 2.19. The third-order valence-corrected chi connectivity index (χ3v) is 3.49. The Labute approximate surface area is 94.1 Å². The minimum Gasteiger partial charge on any atom is -0.306 e. The van der Waals surface area contributed by atoms with Gasteiger partial charge in [0, 0.05) is 6.04 Å². The number of thiol groups is 1. The normalized spacial score (nSPS) is 20.6. The highest BCUT2D eigenvalue weighted by molar-refractivity contribution is 7.80. The lowest BCUT2D eigenvalue weighted by Gasteiger charge is -2.35. The van der Waals surface area contributed by atoms with E-state index in [9.17, 15) is 0 Å². The Balaban J connectivity index is 2.09. The predicted molar refractivity (Wildman–Crippen MR) is 66.2 cm³/mol. The van der Waals surface area contributed by atoms with Gasteiger partial charge in [-0.25, -0.2) is 0 Å². The van der Waals surface area contributed by atoms with Gasteiger partial charge in [-0.05, 0) is 65.2 Å². The average molecular weight is 216 g/mol. The lowest BCUT2D eigenvalue weighted by Crippen LogP contribution is -2.42. The molecule has 84 valence electrons. The molecule has 1 heterocycles. The van der Waals surface area contributed by atoms with Gasteiger partial charge in [0.15, 0.2) is 0 Å². The van der Waals surface area contributed by atoms with Crippen LogP contribution in [0.5, 0.6) is 0 Å². The number of hydrogen-bond donors (Lipinski definition) is 1. The maximum atomic E-state index is 4.23. The zero-order chi connectivity index (χ0) is 10.4. The molecule has 3 heteroatoms. The predicted octanol–water partition coefficient (Wildman–Crippen LogP) is 1.72. The van der Waals surface area contributed by atoms with Gasteiger partial charge in [-0.15, -0.1) is 0 Å². The highest BCUT2D eigenvalue weighted by Crippen LogP contribution is 2.14. The Morgan fingerprint density at radius 2 is 1.86 bits per heavy atom. The van der Waals surface area contributed by atoms with Crippen molar-refractivity contribution in [1.29, 1.82) is 0 Å². The molecular formula is C11H24N2S. The molecule has 0 aliphatic carbocycles. The first kappa shape index (κ1) is 12.3. The van der Waals surface area contributed by atoms with Crippen LogP contribution in [0.4, 0.5) is 0 Å². The second kappa shape index (κ2) is 6.70. The van der Waals surface area contributed by atoms with Crippen molar-refractivity contribution in [2.24, 2.45) is 0 Å². The van der Waals surface area contributed by atoms with Crippen molar-refractivity contribution in [3.63, 3.8) is 0 Å². The van der Waals surface area contributed by atoms with Gasteiger partial charge in [0.2, 0.25) is 0 Å². The number of hydrogen-bond acceptors (Lipinski definition) is 3. The molecule has 0 saturated carbocycles. The van der Waals surface area contributed by atoms with Crippen LogP contribution in [0.25, 0.3) is 0 Å². The van der Waals surface area contributed by atoms with Gasteiger partial charge in [0.05, 0.1) is 0 Å². The third kappa shape index (κ3) is 4.20. The van der Waals surface area contributed by atoms with E-state index in [4.69, 9.17) is 0 Å². The summed E-state index contributed by atoms with van der Waals surface area (Å²) in [6.07, 6.45) is 5.26. The van der Waals surface area contributed by atoms with Crippen LogP contribution in [0.1, 0.15) is 25.7 Å². The standard InChI is InChI=1S/C11H24N2S/c1-12(2)11-5-8-13(9-6-11)7-3-4-10-14/h11,14H,3-10H2,1-2H3. The molecule has 0 aromatic rings. The second-order valence-corrected chi connectivity index (χ2v) is 4.91. The third-order valence-electron chi connectivity index (χ3n) is 3.17. The minimum atomic E-state index is 0.816. The molecule has 0 atom stereocenters. The summed E-state index contributed by atoms with van der Waals surface area (Å²) >= 11 is 4.23. The first-order chi connectivity index (χ1) is 6.74. The molecule has 0 N–H and O–H groups in total. The van der Waals surface area contributed by atoms with Gasteiger partial charge in [-0.1, -0.05) is 0 Å². The van der Waals surface area contributed by atoms with Gasteiger partial charge in [-0.2, -0.15) is 12.6 Å². The zero-order valence-electron chi connectivity index (χ0n) is 9.58. The Morgan fingerprint density at radius 1 is 1.21 bits per heavy atom. The van der Waals surface area contributed by atoms with Crippen LogP contribution < -0.4 is 0 Å². The summed E-state index contributed by atoms with van der Waals surface area (Å²) in [7, 11) is 4.39. The largest absolute Gasteiger partial charge is 0.306 e. The molecular weight excluding hydrogens is 192 g/mol. The second-order valence-electron chi connectivity index (χ2n) is 4.47. The van der Waals surface area contributed by atoms with E-state index in [1.54, 1.807) is 0 Å². The Bertz CT molecular complexity index is 142. The van der Waals surface area contributed by atoms with Crippen LogP contribution in [0.15, 0.2) is 0 Å². The molecule has 0 radical (unpaired) electrons. The first-order valence-corrected chi connectivity index (χ1v) is 6.37. The highest BCUT2D eigenvalue weighted by atomic mass is 32.1. The van der Waals surface area contributed by atoms with Gasteiger partial charge in [-0.3, -0.25) is 0 Å². The number of piperidine rings is 1. The summed E-state index contributed by atoms with van der Waals surface area (Å²) in [6, 6.07) is 0.816. The fourth-order valence-electron chi connectivity index (χ4n) is 2.11. The van der Waals surface area contributed by atoms with Crippen LogP contribution in [-0.2, 0) is 0 Å². The fraction of sp³-hybridized carbons (Fsp3) is 1.00. The Hall–Kier alpha value is 0.270. The molecule has 1 rings (SSSR count). The quantitative estimate of drug-likeness (QED) is 0.552. The van der Waals surface area contributed by atoms with Crippen LogP contribution in [0.2, 0.25) is 0 Å². The molecule has 1 aliphatic rings. The van der Waals surface area contributed by atoms with Gasteiger partial charge >= 0.3 is 0 Å². The maximum Gasteiger partial charge on any atom is 0.0113 e. The van der Waals surface area contributed by atoms with E-state index in [1.165, 1.54) is 45.3 Å². The van der Waals surface area contributed by atoms with Crippen LogP contribution >= 0.6 is 12.6 Å². The van der Waals surface area contributed by atoms with Crippen LogP contribution in [-0.4, -0.2) is 55.3 Å². The summed E-state index contributed by atoms with van der Waals surface area (Å²) < 4.78 is 0. The van der Waals surface area contributed by atoms with Gasteiger partial charge < -0.3 is 9.80 Å². The smallest absolute Gasteiger partial charge is 0.0113 e. The highest BCUT2D eigenvalue weighted by Gasteiger charge is 2.19. The molecule has 0 aromatic heterocycles. The molecule has 0 aromatic carbocycles. The van der Waals surface area contributed by atoms with Gasteiger partial charge in [0.1, 0.15) is 0 Å². The van der Waals surface area contributed by atoms with E-state index < -0.39 is 0 Å². The van der Waals surface area contributed by atoms with E-state index in [0.29, 0.717) is 0 Å². The lowest BCUT2D eigenvalue weighted by atomic mass is 10.0. The van der Waals surface area contributed by atoms with Crippen LogP contribution in [0.3, 0.4) is 0 Å². The molecule has 0 amide bonds. The van der Waals surface area contributed by atoms with E-state index in [1.807, 2.05) is 0 Å². The van der Waals surface area contributed by atoms with Crippen molar-refractivity contribution < 1.29 is 0 Å². The van der Waals surface area contributed by atoms with Crippen molar-refractivity contribution in [2.45, 2.75) is 31.7 Å². The number of nitrogens with zero attached hydrogens (tertiary/aromatic N) is 2. The SMILES string of the molecule is CN(C)C1CCN(CCCCS)CC1. The van der Waals surface area contributed by atoms with E-state index in [-0.39, 0.29) is 0 Å². The summed E-state index contributed by atoms with van der Waals surface area (Å²) in [5.74, 6) is 1.04. The zero-order valence-corrected chi connectivity index (χ0v) is 10.5. The van der Waals surface area contributed by atoms with E-state index in [0.717, 1.165) is 11.8 Å². The van der Waals surface area contributed by atoms with Crippen molar-refractivity contribution in [1.82, 2.24) is 9.80 Å². The molecule has 1 aliphatic heterocycles. The van der Waals surface area contributed by atoms with E-state index >= 15 is 0 Å². The maximum absolute atomic E-state index is 4.23. The molecule has 1 saturated heterocycles. The molecule has 0 bridgehead atoms. The Morgan fingerprint density at radius 3 is 2.36 bits per heavy atom. The monoisotopic (exact) mass is 216 g/mol. The topological polar surface area (TPSA) is 6.48 Å². The Kier molecular flexibility index (Phi) is 5.90. The summed E-state index contributed by atoms with van der Waals surface area (Å²) in [6.45, 7) is 3.85. The lowest BCUT2D eigenvalue weighted by molar-refractivity contribution is 0.144. The number of rotatable bonds is 5. The summed E-state index contributed by atoms with van der Waals surface area (Å²) in [5.41, 5.74) is 0. The van der Waals surface area contributed by atoms with Crippen molar-refractivity contribution >= 4 is 12.6 Å². The molecule has 0 unspecified atom stereocenters. The van der Waals surface area contributed by atoms with Crippen molar-refractivity contribution in [3.8, 4) is 0 Å². The minimum absolute atomic E-state index is 0.816. The number of unbranched alkanes of at least 4 members (excludes halogenated alkanes) is 1. The first-order valence-electron chi connectivity index (χ1n) is 5.73. The van der Waals surface area contributed by atoms with Crippen LogP contribution in [0, 0.1) is 0 Å². The number of likely N-dealkylation sites (tertiary alicyclic amines) is 1. The van der Waals surface area contributed by atoms with Crippen molar-refractivity contribution in [2.75, 3.05) is 39.5 Å². The van der Waals surface area contributed by atoms with Gasteiger partial charge in [0.25, 0.3) is 0 Å².